The van der Waals surface area contributed by atoms with Gasteiger partial charge in [-0.1, -0.05) is 0 Å². The highest BCUT2D eigenvalue weighted by atomic mass is 19.1. The van der Waals surface area contributed by atoms with E-state index in [-0.39, 0.29) is 24.5 Å². The summed E-state index contributed by atoms with van der Waals surface area (Å²) >= 11 is 0. The summed E-state index contributed by atoms with van der Waals surface area (Å²) < 4.78 is 24.8. The van der Waals surface area contributed by atoms with Gasteiger partial charge in [0.25, 0.3) is 0 Å². The topological polar surface area (TPSA) is 75.3 Å². The number of hydrogen-bond acceptors (Lipinski definition) is 7. The molecule has 0 aromatic heterocycles. The van der Waals surface area contributed by atoms with Crippen molar-refractivity contribution >= 4 is 6.09 Å². The SMILES string of the molecule is COC(=O)N1CCC(C2NOC(C3CCC(F)C(N4CCOCC4)C3)N2)CC1. The fraction of sp³-hybridized carbons (Fsp3) is 0.947. The highest BCUT2D eigenvalue weighted by molar-refractivity contribution is 5.67. The largest absolute Gasteiger partial charge is 0.453 e. The molecule has 0 radical (unpaired) electrons. The average Bonchev–Trinajstić information content (AvgIpc) is 3.24. The van der Waals surface area contributed by atoms with Crippen LogP contribution in [-0.2, 0) is 14.3 Å². The molecular weight excluding hydrogens is 367 g/mol. The fourth-order valence-corrected chi connectivity index (χ4v) is 5.10. The van der Waals surface area contributed by atoms with Gasteiger partial charge in [-0.15, -0.1) is 0 Å². The van der Waals surface area contributed by atoms with Crippen LogP contribution in [0.4, 0.5) is 9.18 Å². The van der Waals surface area contributed by atoms with Crippen molar-refractivity contribution in [2.75, 3.05) is 46.5 Å². The van der Waals surface area contributed by atoms with Crippen molar-refractivity contribution in [3.8, 4) is 0 Å². The molecule has 1 amide bonds. The molecule has 0 spiro atoms. The van der Waals surface area contributed by atoms with Gasteiger partial charge in [-0.25, -0.2) is 9.18 Å². The second-order valence-electron chi connectivity index (χ2n) is 8.40. The summed E-state index contributed by atoms with van der Waals surface area (Å²) in [5, 5.41) is 3.59. The lowest BCUT2D eigenvalue weighted by Crippen LogP contribution is -2.53. The molecule has 4 aliphatic rings. The van der Waals surface area contributed by atoms with Crippen LogP contribution in [0.25, 0.3) is 0 Å². The van der Waals surface area contributed by atoms with Crippen LogP contribution in [0.15, 0.2) is 0 Å². The van der Waals surface area contributed by atoms with Crippen molar-refractivity contribution in [1.82, 2.24) is 20.6 Å². The number of amides is 1. The van der Waals surface area contributed by atoms with Gasteiger partial charge in [0.15, 0.2) is 0 Å². The molecule has 160 valence electrons. The Balaban J connectivity index is 1.27. The molecule has 1 saturated carbocycles. The number of nitrogens with zero attached hydrogens (tertiary/aromatic N) is 2. The van der Waals surface area contributed by atoms with Crippen molar-refractivity contribution in [2.45, 2.75) is 56.7 Å². The van der Waals surface area contributed by atoms with Crippen molar-refractivity contribution in [2.24, 2.45) is 11.8 Å². The molecule has 0 bridgehead atoms. The average molecular weight is 400 g/mol. The van der Waals surface area contributed by atoms with Gasteiger partial charge in [-0.3, -0.25) is 15.1 Å². The van der Waals surface area contributed by atoms with Crippen LogP contribution in [0.5, 0.6) is 0 Å². The molecule has 5 unspecified atom stereocenters. The van der Waals surface area contributed by atoms with Crippen LogP contribution in [0, 0.1) is 11.8 Å². The quantitative estimate of drug-likeness (QED) is 0.734. The van der Waals surface area contributed by atoms with Gasteiger partial charge in [0.2, 0.25) is 0 Å². The predicted molar refractivity (Wildman–Crippen MR) is 100 cm³/mol. The smallest absolute Gasteiger partial charge is 0.409 e. The van der Waals surface area contributed by atoms with Gasteiger partial charge >= 0.3 is 6.09 Å². The van der Waals surface area contributed by atoms with E-state index in [9.17, 15) is 9.18 Å². The second kappa shape index (κ2) is 9.21. The zero-order valence-corrected chi connectivity index (χ0v) is 16.6. The number of ether oxygens (including phenoxy) is 2. The molecule has 9 heteroatoms. The van der Waals surface area contributed by atoms with Gasteiger partial charge in [-0.05, 0) is 38.0 Å². The number of carbonyl (C=O) groups is 1. The van der Waals surface area contributed by atoms with E-state index in [1.54, 1.807) is 4.90 Å². The first kappa shape index (κ1) is 20.3. The van der Waals surface area contributed by atoms with Crippen molar-refractivity contribution in [3.63, 3.8) is 0 Å². The van der Waals surface area contributed by atoms with Gasteiger partial charge in [0, 0.05) is 38.1 Å². The third-order valence-corrected chi connectivity index (χ3v) is 6.83. The standard InChI is InChI=1S/C19H33FN4O4/c1-26-19(25)24-6-4-13(5-7-24)17-21-18(28-22-17)14-2-3-15(20)16(12-14)23-8-10-27-11-9-23/h13-18,21-22H,2-12H2,1H3. The summed E-state index contributed by atoms with van der Waals surface area (Å²) in [6, 6.07) is -0.0320. The zero-order chi connectivity index (χ0) is 19.5. The Hall–Kier alpha value is -1.00. The van der Waals surface area contributed by atoms with E-state index in [4.69, 9.17) is 14.3 Å². The Kier molecular flexibility index (Phi) is 6.67. The third kappa shape index (κ3) is 4.43. The van der Waals surface area contributed by atoms with E-state index in [1.165, 1.54) is 7.11 Å². The Labute approximate surface area is 166 Å². The normalized spacial score (nSPS) is 38.5. The molecule has 1 aliphatic carbocycles. The van der Waals surface area contributed by atoms with Gasteiger partial charge < -0.3 is 14.4 Å². The number of rotatable bonds is 3. The number of nitrogens with one attached hydrogen (secondary N) is 2. The fourth-order valence-electron chi connectivity index (χ4n) is 5.10. The first-order valence-electron chi connectivity index (χ1n) is 10.6. The highest BCUT2D eigenvalue weighted by Gasteiger charge is 2.42. The van der Waals surface area contributed by atoms with Crippen molar-refractivity contribution < 1.29 is 23.5 Å². The molecule has 4 fully saturated rings. The molecule has 0 aromatic rings. The Morgan fingerprint density at radius 2 is 1.82 bits per heavy atom. The summed E-state index contributed by atoms with van der Waals surface area (Å²) in [5.41, 5.74) is 3.16. The summed E-state index contributed by atoms with van der Waals surface area (Å²) in [5.74, 6) is 0.700. The molecule has 4 rings (SSSR count). The Morgan fingerprint density at radius 3 is 2.54 bits per heavy atom. The first-order chi connectivity index (χ1) is 13.7. The number of carbonyl (C=O) groups excluding carboxylic acids is 1. The number of halogens is 1. The minimum absolute atomic E-state index is 0.0320. The van der Waals surface area contributed by atoms with Crippen LogP contribution in [0.2, 0.25) is 0 Å². The second-order valence-corrected chi connectivity index (χ2v) is 8.40. The maximum absolute atomic E-state index is 14.6. The molecule has 28 heavy (non-hydrogen) atoms. The molecule has 3 heterocycles. The van der Waals surface area contributed by atoms with E-state index in [0.29, 0.717) is 44.6 Å². The summed E-state index contributed by atoms with van der Waals surface area (Å²) in [7, 11) is 1.42. The number of hydroxylamine groups is 1. The molecule has 3 saturated heterocycles. The number of piperidine rings is 1. The highest BCUT2D eigenvalue weighted by Crippen LogP contribution is 2.34. The first-order valence-corrected chi connectivity index (χ1v) is 10.6. The van der Waals surface area contributed by atoms with E-state index < -0.39 is 6.17 Å². The molecule has 0 aromatic carbocycles. The zero-order valence-electron chi connectivity index (χ0n) is 16.6. The van der Waals surface area contributed by atoms with Gasteiger partial charge in [0.1, 0.15) is 12.4 Å². The lowest BCUT2D eigenvalue weighted by atomic mass is 9.82. The third-order valence-electron chi connectivity index (χ3n) is 6.83. The predicted octanol–water partition coefficient (Wildman–Crippen LogP) is 1.08. The maximum atomic E-state index is 14.6. The Bertz CT molecular complexity index is 528. The number of alkyl halides is 1. The van der Waals surface area contributed by atoms with Crippen molar-refractivity contribution in [3.05, 3.63) is 0 Å². The van der Waals surface area contributed by atoms with Crippen LogP contribution in [0.1, 0.15) is 32.1 Å². The van der Waals surface area contributed by atoms with E-state index in [2.05, 4.69) is 15.7 Å². The molecule has 8 nitrogen and oxygen atoms in total. The van der Waals surface area contributed by atoms with Gasteiger partial charge in [-0.2, -0.15) is 5.48 Å². The minimum Gasteiger partial charge on any atom is -0.453 e. The van der Waals surface area contributed by atoms with E-state index >= 15 is 0 Å². The lowest BCUT2D eigenvalue weighted by Gasteiger charge is -2.42. The van der Waals surface area contributed by atoms with Crippen LogP contribution >= 0.6 is 0 Å². The van der Waals surface area contributed by atoms with Gasteiger partial charge in [0.05, 0.1) is 26.5 Å². The maximum Gasteiger partial charge on any atom is 0.409 e. The van der Waals surface area contributed by atoms with Crippen LogP contribution in [-0.4, -0.2) is 87.0 Å². The number of methoxy groups -OCH3 is 1. The number of likely N-dealkylation sites (tertiary alicyclic amines) is 1. The van der Waals surface area contributed by atoms with Crippen molar-refractivity contribution in [1.29, 1.82) is 0 Å². The monoisotopic (exact) mass is 400 g/mol. The minimum atomic E-state index is -0.762. The van der Waals surface area contributed by atoms with E-state index in [1.807, 2.05) is 0 Å². The number of morpholine rings is 1. The lowest BCUT2D eigenvalue weighted by molar-refractivity contribution is -0.0614. The number of hydrogen-bond donors (Lipinski definition) is 2. The molecule has 5 atom stereocenters. The van der Waals surface area contributed by atoms with E-state index in [0.717, 1.165) is 38.8 Å². The molecular formula is C19H33FN4O4. The molecule has 2 N–H and O–H groups in total. The molecule has 3 aliphatic heterocycles. The Morgan fingerprint density at radius 1 is 1.07 bits per heavy atom. The summed E-state index contributed by atoms with van der Waals surface area (Å²) in [4.78, 5) is 21.5. The summed E-state index contributed by atoms with van der Waals surface area (Å²) in [6.07, 6.45) is 3.04. The van der Waals surface area contributed by atoms with Crippen LogP contribution in [0.3, 0.4) is 0 Å². The summed E-state index contributed by atoms with van der Waals surface area (Å²) in [6.45, 7) is 4.43. The van der Waals surface area contributed by atoms with Crippen LogP contribution < -0.4 is 10.8 Å².